The molecule has 0 aliphatic carbocycles. The molecule has 80 valence electrons. The summed E-state index contributed by atoms with van der Waals surface area (Å²) in [5.41, 5.74) is 0.875. The van der Waals surface area contributed by atoms with Crippen LogP contribution in [0, 0.1) is 0 Å². The third-order valence-electron chi connectivity index (χ3n) is 2.18. The zero-order valence-corrected chi connectivity index (χ0v) is 9.03. The van der Waals surface area contributed by atoms with Gasteiger partial charge < -0.3 is 9.73 Å². The summed E-state index contributed by atoms with van der Waals surface area (Å²) < 4.78 is 7.41. The van der Waals surface area contributed by atoms with Crippen LogP contribution in [0.5, 0.6) is 0 Å². The van der Waals surface area contributed by atoms with Gasteiger partial charge in [0.25, 0.3) is 0 Å². The van der Waals surface area contributed by atoms with E-state index in [4.69, 9.17) is 4.42 Å². The average Bonchev–Trinajstić information content (AvgIpc) is 2.83. The summed E-state index contributed by atoms with van der Waals surface area (Å²) >= 11 is 0. The van der Waals surface area contributed by atoms with Gasteiger partial charge >= 0.3 is 0 Å². The van der Waals surface area contributed by atoms with Crippen LogP contribution in [0.1, 0.15) is 12.7 Å². The van der Waals surface area contributed by atoms with Crippen molar-refractivity contribution < 1.29 is 4.42 Å². The highest BCUT2D eigenvalue weighted by Crippen LogP contribution is 2.19. The first kappa shape index (κ1) is 9.98. The molecule has 2 heterocycles. The highest BCUT2D eigenvalue weighted by atomic mass is 16.3. The van der Waals surface area contributed by atoms with Crippen LogP contribution in [-0.4, -0.2) is 16.3 Å². The molecule has 2 aromatic heterocycles. The standard InChI is InChI=1S/C11H15N3O/c1-3-12-8-9-4-5-11(15-9)10-6-7-14(2)13-10/h4-7,12H,3,8H2,1-2H3. The Balaban J connectivity index is 2.13. The van der Waals surface area contributed by atoms with Crippen molar-refractivity contribution >= 4 is 0 Å². The Hall–Kier alpha value is -1.55. The van der Waals surface area contributed by atoms with Gasteiger partial charge in [0.05, 0.1) is 6.54 Å². The van der Waals surface area contributed by atoms with Crippen LogP contribution in [-0.2, 0) is 13.6 Å². The molecule has 0 amide bonds. The maximum Gasteiger partial charge on any atom is 0.154 e. The smallest absolute Gasteiger partial charge is 0.154 e. The molecule has 0 spiro atoms. The Morgan fingerprint density at radius 1 is 1.40 bits per heavy atom. The lowest BCUT2D eigenvalue weighted by Crippen LogP contribution is -2.10. The molecule has 0 aliphatic heterocycles. The zero-order chi connectivity index (χ0) is 10.7. The summed E-state index contributed by atoms with van der Waals surface area (Å²) in [5.74, 6) is 1.76. The molecule has 4 heteroatoms. The largest absolute Gasteiger partial charge is 0.458 e. The Morgan fingerprint density at radius 2 is 2.27 bits per heavy atom. The van der Waals surface area contributed by atoms with Crippen LogP contribution >= 0.6 is 0 Å². The predicted octanol–water partition coefficient (Wildman–Crippen LogP) is 1.79. The molecule has 0 bridgehead atoms. The fraction of sp³-hybridized carbons (Fsp3) is 0.364. The van der Waals surface area contributed by atoms with E-state index < -0.39 is 0 Å². The third kappa shape index (κ3) is 2.27. The number of aryl methyl sites for hydroxylation is 1. The molecule has 0 saturated heterocycles. The summed E-state index contributed by atoms with van der Waals surface area (Å²) in [6.45, 7) is 3.78. The fourth-order valence-electron chi connectivity index (χ4n) is 1.41. The van der Waals surface area contributed by atoms with Crippen LogP contribution in [0.25, 0.3) is 11.5 Å². The van der Waals surface area contributed by atoms with Gasteiger partial charge in [0.15, 0.2) is 5.76 Å². The molecule has 4 nitrogen and oxygen atoms in total. The lowest BCUT2D eigenvalue weighted by atomic mass is 10.3. The van der Waals surface area contributed by atoms with Crippen LogP contribution in [0.4, 0.5) is 0 Å². The van der Waals surface area contributed by atoms with E-state index in [2.05, 4.69) is 17.3 Å². The molecule has 0 atom stereocenters. The third-order valence-corrected chi connectivity index (χ3v) is 2.18. The predicted molar refractivity (Wildman–Crippen MR) is 58.3 cm³/mol. The van der Waals surface area contributed by atoms with Crippen molar-refractivity contribution in [3.63, 3.8) is 0 Å². The maximum atomic E-state index is 5.65. The monoisotopic (exact) mass is 205 g/mol. The van der Waals surface area contributed by atoms with Crippen molar-refractivity contribution in [2.45, 2.75) is 13.5 Å². The van der Waals surface area contributed by atoms with E-state index in [1.54, 1.807) is 4.68 Å². The highest BCUT2D eigenvalue weighted by molar-refractivity contribution is 5.51. The molecular weight excluding hydrogens is 190 g/mol. The lowest BCUT2D eigenvalue weighted by Gasteiger charge is -1.96. The van der Waals surface area contributed by atoms with Gasteiger partial charge in [0.1, 0.15) is 11.5 Å². The molecule has 2 rings (SSSR count). The van der Waals surface area contributed by atoms with Gasteiger partial charge in [0, 0.05) is 13.2 Å². The summed E-state index contributed by atoms with van der Waals surface area (Å²) in [4.78, 5) is 0. The Kier molecular flexibility index (Phi) is 2.87. The second kappa shape index (κ2) is 4.31. The van der Waals surface area contributed by atoms with Gasteiger partial charge in [-0.2, -0.15) is 5.10 Å². The Bertz CT molecular complexity index is 430. The van der Waals surface area contributed by atoms with E-state index in [1.807, 2.05) is 31.4 Å². The number of furan rings is 1. The summed E-state index contributed by atoms with van der Waals surface area (Å²) in [6, 6.07) is 5.87. The van der Waals surface area contributed by atoms with E-state index >= 15 is 0 Å². The van der Waals surface area contributed by atoms with Crippen molar-refractivity contribution in [1.29, 1.82) is 0 Å². The molecule has 0 aromatic carbocycles. The van der Waals surface area contributed by atoms with Crippen molar-refractivity contribution in [1.82, 2.24) is 15.1 Å². The molecular formula is C11H15N3O. The van der Waals surface area contributed by atoms with E-state index in [0.717, 1.165) is 30.3 Å². The van der Waals surface area contributed by atoms with Gasteiger partial charge in [0.2, 0.25) is 0 Å². The van der Waals surface area contributed by atoms with Crippen molar-refractivity contribution in [3.05, 3.63) is 30.2 Å². The van der Waals surface area contributed by atoms with Gasteiger partial charge in [-0.05, 0) is 24.7 Å². The molecule has 0 radical (unpaired) electrons. The number of nitrogens with one attached hydrogen (secondary N) is 1. The van der Waals surface area contributed by atoms with Gasteiger partial charge in [-0.25, -0.2) is 0 Å². The minimum absolute atomic E-state index is 0.767. The normalized spacial score (nSPS) is 10.8. The van der Waals surface area contributed by atoms with Crippen LogP contribution in [0.3, 0.4) is 0 Å². The molecule has 1 N–H and O–H groups in total. The number of nitrogens with zero attached hydrogens (tertiary/aromatic N) is 2. The molecule has 0 aliphatic rings. The average molecular weight is 205 g/mol. The quantitative estimate of drug-likeness (QED) is 0.827. The first-order valence-corrected chi connectivity index (χ1v) is 5.09. The molecule has 0 fully saturated rings. The summed E-state index contributed by atoms with van der Waals surface area (Å²) in [7, 11) is 1.89. The van der Waals surface area contributed by atoms with E-state index in [-0.39, 0.29) is 0 Å². The van der Waals surface area contributed by atoms with Gasteiger partial charge in [-0.3, -0.25) is 4.68 Å². The van der Waals surface area contributed by atoms with Gasteiger partial charge in [-0.15, -0.1) is 0 Å². The van der Waals surface area contributed by atoms with Crippen LogP contribution < -0.4 is 5.32 Å². The highest BCUT2D eigenvalue weighted by Gasteiger charge is 2.06. The number of rotatable bonds is 4. The summed E-state index contributed by atoms with van der Waals surface area (Å²) in [5, 5.41) is 7.49. The van der Waals surface area contributed by atoms with Crippen LogP contribution in [0.15, 0.2) is 28.8 Å². The molecule has 2 aromatic rings. The van der Waals surface area contributed by atoms with Crippen molar-refractivity contribution in [3.8, 4) is 11.5 Å². The Labute approximate surface area is 88.9 Å². The Morgan fingerprint density at radius 3 is 2.93 bits per heavy atom. The van der Waals surface area contributed by atoms with E-state index in [1.165, 1.54) is 0 Å². The molecule has 15 heavy (non-hydrogen) atoms. The number of hydrogen-bond acceptors (Lipinski definition) is 3. The number of hydrogen-bond donors (Lipinski definition) is 1. The topological polar surface area (TPSA) is 43.0 Å². The molecule has 0 unspecified atom stereocenters. The maximum absolute atomic E-state index is 5.65. The second-order valence-corrected chi connectivity index (χ2v) is 3.42. The van der Waals surface area contributed by atoms with E-state index in [0.29, 0.717) is 0 Å². The first-order valence-electron chi connectivity index (χ1n) is 5.09. The second-order valence-electron chi connectivity index (χ2n) is 3.42. The zero-order valence-electron chi connectivity index (χ0n) is 9.03. The van der Waals surface area contributed by atoms with Crippen molar-refractivity contribution in [2.24, 2.45) is 7.05 Å². The number of aromatic nitrogens is 2. The fourth-order valence-corrected chi connectivity index (χ4v) is 1.41. The van der Waals surface area contributed by atoms with Crippen molar-refractivity contribution in [2.75, 3.05) is 6.54 Å². The first-order chi connectivity index (χ1) is 7.29. The van der Waals surface area contributed by atoms with E-state index in [9.17, 15) is 0 Å². The van der Waals surface area contributed by atoms with Crippen LogP contribution in [0.2, 0.25) is 0 Å². The minimum atomic E-state index is 0.767. The molecule has 0 saturated carbocycles. The minimum Gasteiger partial charge on any atom is -0.458 e. The summed E-state index contributed by atoms with van der Waals surface area (Å²) in [6.07, 6.45) is 1.90. The van der Waals surface area contributed by atoms with Gasteiger partial charge in [-0.1, -0.05) is 6.92 Å². The SMILES string of the molecule is CCNCc1ccc(-c2ccn(C)n2)o1. The lowest BCUT2D eigenvalue weighted by molar-refractivity contribution is 0.496.